The predicted molar refractivity (Wildman–Crippen MR) is 72.4 cm³/mol. The van der Waals surface area contributed by atoms with Crippen molar-refractivity contribution in [3.05, 3.63) is 34.2 Å². The quantitative estimate of drug-likeness (QED) is 0.242. The summed E-state index contributed by atoms with van der Waals surface area (Å²) in [5.74, 6) is 6.12. The minimum atomic E-state index is -0.142. The number of hydrogen-bond donors (Lipinski definition) is 3. The summed E-state index contributed by atoms with van der Waals surface area (Å²) >= 11 is 0. The molecular formula is C13H20N4O. The maximum Gasteiger partial charge on any atom is 0.248 e. The second-order valence-corrected chi connectivity index (χ2v) is 4.71. The molecule has 5 nitrogen and oxygen atoms in total. The van der Waals surface area contributed by atoms with Gasteiger partial charge in [0.15, 0.2) is 0 Å². The van der Waals surface area contributed by atoms with Gasteiger partial charge in [0, 0.05) is 17.8 Å². The molecule has 0 radical (unpaired) electrons. The van der Waals surface area contributed by atoms with Crippen molar-refractivity contribution < 1.29 is 0 Å². The van der Waals surface area contributed by atoms with Crippen molar-refractivity contribution in [1.29, 1.82) is 0 Å². The van der Waals surface area contributed by atoms with Crippen LogP contribution in [0.2, 0.25) is 0 Å². The minimum Gasteiger partial charge on any atom is -0.329 e. The summed E-state index contributed by atoms with van der Waals surface area (Å²) in [6.07, 6.45) is 8.86. The zero-order chi connectivity index (χ0) is 12.8. The monoisotopic (exact) mass is 248 g/mol. The summed E-state index contributed by atoms with van der Waals surface area (Å²) in [4.78, 5) is 18.5. The third-order valence-electron chi connectivity index (χ3n) is 3.32. The van der Waals surface area contributed by atoms with E-state index in [0.717, 1.165) is 18.4 Å². The van der Waals surface area contributed by atoms with Crippen LogP contribution in [0.5, 0.6) is 0 Å². The van der Waals surface area contributed by atoms with Gasteiger partial charge in [-0.25, -0.2) is 5.84 Å². The van der Waals surface area contributed by atoms with Gasteiger partial charge in [-0.2, -0.15) is 0 Å². The molecule has 98 valence electrons. The van der Waals surface area contributed by atoms with E-state index in [2.05, 4.69) is 15.4 Å². The van der Waals surface area contributed by atoms with Crippen LogP contribution >= 0.6 is 0 Å². The normalized spacial score (nSPS) is 18.4. The first-order valence-corrected chi connectivity index (χ1v) is 6.53. The van der Waals surface area contributed by atoms with Gasteiger partial charge in [0.05, 0.1) is 6.04 Å². The van der Waals surface area contributed by atoms with Gasteiger partial charge in [-0.1, -0.05) is 25.7 Å². The van der Waals surface area contributed by atoms with E-state index in [1.54, 1.807) is 12.3 Å². The number of nitrogens with two attached hydrogens (primary N) is 1. The number of aromatic amines is 1. The van der Waals surface area contributed by atoms with Gasteiger partial charge in [-0.3, -0.25) is 9.79 Å². The SMILES string of the molecule is NNC(=NC1CCCCCC1)c1cc[nH]c(=O)c1. The van der Waals surface area contributed by atoms with E-state index in [1.807, 2.05) is 0 Å². The van der Waals surface area contributed by atoms with Gasteiger partial charge in [0.2, 0.25) is 5.56 Å². The number of aliphatic imine (C=N–C) groups is 1. The molecule has 0 bridgehead atoms. The Bertz CT molecular complexity index is 458. The Kier molecular flexibility index (Phi) is 4.52. The molecule has 1 aliphatic carbocycles. The molecule has 1 fully saturated rings. The molecule has 1 aromatic rings. The second kappa shape index (κ2) is 6.35. The van der Waals surface area contributed by atoms with Gasteiger partial charge in [-0.05, 0) is 18.9 Å². The van der Waals surface area contributed by atoms with E-state index in [-0.39, 0.29) is 5.56 Å². The van der Waals surface area contributed by atoms with E-state index in [4.69, 9.17) is 5.84 Å². The fourth-order valence-electron chi connectivity index (χ4n) is 2.36. The van der Waals surface area contributed by atoms with Crippen LogP contribution in [0.4, 0.5) is 0 Å². The summed E-state index contributed by atoms with van der Waals surface area (Å²) in [5.41, 5.74) is 3.21. The van der Waals surface area contributed by atoms with Crippen molar-refractivity contribution in [2.45, 2.75) is 44.6 Å². The molecule has 0 spiro atoms. The summed E-state index contributed by atoms with van der Waals surface area (Å²) in [6.45, 7) is 0. The van der Waals surface area contributed by atoms with Crippen LogP contribution in [-0.4, -0.2) is 16.9 Å². The highest BCUT2D eigenvalue weighted by Crippen LogP contribution is 2.20. The highest BCUT2D eigenvalue weighted by molar-refractivity contribution is 5.98. The number of pyridine rings is 1. The van der Waals surface area contributed by atoms with Crippen molar-refractivity contribution in [2.24, 2.45) is 10.8 Å². The van der Waals surface area contributed by atoms with E-state index < -0.39 is 0 Å². The molecule has 1 saturated carbocycles. The van der Waals surface area contributed by atoms with Crippen LogP contribution in [-0.2, 0) is 0 Å². The molecule has 4 N–H and O–H groups in total. The van der Waals surface area contributed by atoms with Crippen molar-refractivity contribution in [3.8, 4) is 0 Å². The number of nitrogens with one attached hydrogen (secondary N) is 2. The summed E-state index contributed by atoms with van der Waals surface area (Å²) in [7, 11) is 0. The molecule has 0 aliphatic heterocycles. The van der Waals surface area contributed by atoms with Crippen molar-refractivity contribution >= 4 is 5.84 Å². The van der Waals surface area contributed by atoms with Crippen molar-refractivity contribution in [1.82, 2.24) is 10.4 Å². The Hall–Kier alpha value is -1.62. The van der Waals surface area contributed by atoms with Crippen molar-refractivity contribution in [2.75, 3.05) is 0 Å². The fourth-order valence-corrected chi connectivity index (χ4v) is 2.36. The number of aromatic nitrogens is 1. The zero-order valence-electron chi connectivity index (χ0n) is 10.5. The van der Waals surface area contributed by atoms with E-state index >= 15 is 0 Å². The molecule has 18 heavy (non-hydrogen) atoms. The molecule has 0 aromatic carbocycles. The van der Waals surface area contributed by atoms with Crippen LogP contribution in [0.15, 0.2) is 28.1 Å². The third-order valence-corrected chi connectivity index (χ3v) is 3.32. The maximum absolute atomic E-state index is 11.3. The van der Waals surface area contributed by atoms with Crippen molar-refractivity contribution in [3.63, 3.8) is 0 Å². The number of rotatable bonds is 2. The maximum atomic E-state index is 11.3. The van der Waals surface area contributed by atoms with Gasteiger partial charge >= 0.3 is 0 Å². The number of H-pyrrole nitrogens is 1. The zero-order valence-corrected chi connectivity index (χ0v) is 10.5. The molecular weight excluding hydrogens is 228 g/mol. The first-order chi connectivity index (χ1) is 8.79. The number of nitrogens with zero attached hydrogens (tertiary/aromatic N) is 1. The minimum absolute atomic E-state index is 0.142. The number of amidine groups is 1. The standard InChI is InChI=1S/C13H20N4O/c14-17-13(10-7-8-15-12(18)9-10)16-11-5-3-1-2-4-6-11/h7-9,11H,1-6,14H2,(H,15,18)(H,16,17). The van der Waals surface area contributed by atoms with E-state index in [9.17, 15) is 4.79 Å². The molecule has 0 atom stereocenters. The van der Waals surface area contributed by atoms with Gasteiger partial charge in [0.1, 0.15) is 5.84 Å². The smallest absolute Gasteiger partial charge is 0.248 e. The van der Waals surface area contributed by atoms with Gasteiger partial charge < -0.3 is 10.4 Å². The van der Waals surface area contributed by atoms with E-state index in [0.29, 0.717) is 11.9 Å². The predicted octanol–water partition coefficient (Wildman–Crippen LogP) is 1.31. The topological polar surface area (TPSA) is 83.3 Å². The fraction of sp³-hybridized carbons (Fsp3) is 0.538. The molecule has 1 heterocycles. The van der Waals surface area contributed by atoms with E-state index in [1.165, 1.54) is 31.7 Å². The Morgan fingerprint density at radius 3 is 2.67 bits per heavy atom. The molecule has 0 amide bonds. The molecule has 1 aromatic heterocycles. The summed E-state index contributed by atoms with van der Waals surface area (Å²) < 4.78 is 0. The summed E-state index contributed by atoms with van der Waals surface area (Å²) in [5, 5.41) is 0. The molecule has 0 saturated heterocycles. The van der Waals surface area contributed by atoms with Crippen LogP contribution in [0, 0.1) is 0 Å². The molecule has 5 heteroatoms. The van der Waals surface area contributed by atoms with Crippen LogP contribution < -0.4 is 16.8 Å². The first-order valence-electron chi connectivity index (χ1n) is 6.53. The highest BCUT2D eigenvalue weighted by atomic mass is 16.1. The Labute approximate surface area is 106 Å². The largest absolute Gasteiger partial charge is 0.329 e. The third kappa shape index (κ3) is 3.43. The number of hydrazine groups is 1. The average molecular weight is 248 g/mol. The summed E-state index contributed by atoms with van der Waals surface area (Å²) in [6, 6.07) is 3.63. The van der Waals surface area contributed by atoms with Gasteiger partial charge in [-0.15, -0.1) is 0 Å². The molecule has 2 rings (SSSR count). The van der Waals surface area contributed by atoms with Crippen LogP contribution in [0.1, 0.15) is 44.1 Å². The lowest BCUT2D eigenvalue weighted by atomic mass is 10.1. The average Bonchev–Trinajstić information content (AvgIpc) is 2.64. The molecule has 0 unspecified atom stereocenters. The Morgan fingerprint density at radius 2 is 2.06 bits per heavy atom. The lowest BCUT2D eigenvalue weighted by Crippen LogP contribution is -2.33. The Morgan fingerprint density at radius 1 is 1.33 bits per heavy atom. The number of hydrogen-bond acceptors (Lipinski definition) is 3. The van der Waals surface area contributed by atoms with Crippen LogP contribution in [0.3, 0.4) is 0 Å². The lowest BCUT2D eigenvalue weighted by molar-refractivity contribution is 0.583. The van der Waals surface area contributed by atoms with Crippen LogP contribution in [0.25, 0.3) is 0 Å². The Balaban J connectivity index is 2.18. The van der Waals surface area contributed by atoms with Gasteiger partial charge in [0.25, 0.3) is 0 Å². The lowest BCUT2D eigenvalue weighted by Gasteiger charge is -2.12. The highest BCUT2D eigenvalue weighted by Gasteiger charge is 2.12. The second-order valence-electron chi connectivity index (χ2n) is 4.71. The first kappa shape index (κ1) is 12.8. The molecule has 1 aliphatic rings.